The first-order valence-electron chi connectivity index (χ1n) is 8.35. The Balaban J connectivity index is 1.52. The number of carbonyl (C=O) groups is 1. The van der Waals surface area contributed by atoms with Crippen molar-refractivity contribution in [2.45, 2.75) is 6.10 Å². The van der Waals surface area contributed by atoms with E-state index in [1.165, 1.54) is 14.2 Å². The van der Waals surface area contributed by atoms with E-state index in [1.807, 2.05) is 0 Å². The SMILES string of the molecule is COc1cc(OC)c(C2=C[C@H](C(=O)Nc3ccc4c(c3)OCO4)ON2)cc1Cl. The third-order valence-corrected chi connectivity index (χ3v) is 4.57. The highest BCUT2D eigenvalue weighted by molar-refractivity contribution is 6.32. The number of fused-ring (bicyclic) bond motifs is 1. The molecular formula is C19H17ClN2O6. The first kappa shape index (κ1) is 18.3. The van der Waals surface area contributed by atoms with Crippen molar-refractivity contribution in [1.29, 1.82) is 0 Å². The molecule has 4 rings (SSSR count). The molecule has 0 fully saturated rings. The van der Waals surface area contributed by atoms with Crippen LogP contribution in [0, 0.1) is 0 Å². The molecule has 2 aromatic carbocycles. The average Bonchev–Trinajstić information content (AvgIpc) is 3.37. The van der Waals surface area contributed by atoms with Gasteiger partial charge in [-0.05, 0) is 24.3 Å². The number of hydrogen-bond donors (Lipinski definition) is 2. The Morgan fingerprint density at radius 2 is 1.93 bits per heavy atom. The zero-order valence-electron chi connectivity index (χ0n) is 15.1. The molecule has 1 amide bonds. The number of ether oxygens (including phenoxy) is 4. The molecule has 2 aliphatic heterocycles. The van der Waals surface area contributed by atoms with Crippen LogP contribution in [0.15, 0.2) is 36.4 Å². The predicted octanol–water partition coefficient (Wildman–Crippen LogP) is 2.97. The minimum atomic E-state index is -0.842. The second-order valence-electron chi connectivity index (χ2n) is 5.97. The lowest BCUT2D eigenvalue weighted by molar-refractivity contribution is -0.125. The second-order valence-corrected chi connectivity index (χ2v) is 6.37. The van der Waals surface area contributed by atoms with Gasteiger partial charge in [-0.1, -0.05) is 11.6 Å². The van der Waals surface area contributed by atoms with Crippen LogP contribution in [0.25, 0.3) is 5.70 Å². The summed E-state index contributed by atoms with van der Waals surface area (Å²) in [5, 5.41) is 3.19. The van der Waals surface area contributed by atoms with Gasteiger partial charge in [0.15, 0.2) is 17.6 Å². The van der Waals surface area contributed by atoms with Crippen molar-refractivity contribution in [3.05, 3.63) is 47.0 Å². The van der Waals surface area contributed by atoms with Gasteiger partial charge in [0, 0.05) is 23.4 Å². The molecule has 9 heteroatoms. The maximum atomic E-state index is 12.5. The van der Waals surface area contributed by atoms with E-state index in [0.717, 1.165) is 0 Å². The smallest absolute Gasteiger partial charge is 0.260 e. The lowest BCUT2D eigenvalue weighted by Crippen LogP contribution is -2.28. The molecule has 2 N–H and O–H groups in total. The van der Waals surface area contributed by atoms with Gasteiger partial charge in [-0.25, -0.2) is 0 Å². The van der Waals surface area contributed by atoms with Gasteiger partial charge < -0.3 is 24.3 Å². The summed E-state index contributed by atoms with van der Waals surface area (Å²) in [5.74, 6) is 1.89. The quantitative estimate of drug-likeness (QED) is 0.792. The van der Waals surface area contributed by atoms with Gasteiger partial charge in [0.25, 0.3) is 5.91 Å². The Hall–Kier alpha value is -3.10. The van der Waals surface area contributed by atoms with E-state index in [1.54, 1.807) is 36.4 Å². The molecule has 0 radical (unpaired) electrons. The van der Waals surface area contributed by atoms with Crippen molar-refractivity contribution >= 4 is 28.9 Å². The molecule has 8 nitrogen and oxygen atoms in total. The van der Waals surface area contributed by atoms with Crippen molar-refractivity contribution < 1.29 is 28.6 Å². The van der Waals surface area contributed by atoms with Gasteiger partial charge in [-0.15, -0.1) is 0 Å². The van der Waals surface area contributed by atoms with E-state index < -0.39 is 6.10 Å². The van der Waals surface area contributed by atoms with Gasteiger partial charge in [-0.3, -0.25) is 15.1 Å². The summed E-state index contributed by atoms with van der Waals surface area (Å²) in [5.41, 5.74) is 4.53. The fourth-order valence-corrected chi connectivity index (χ4v) is 3.12. The number of hydrogen-bond acceptors (Lipinski definition) is 7. The van der Waals surface area contributed by atoms with Crippen LogP contribution in [0.3, 0.4) is 0 Å². The third kappa shape index (κ3) is 3.39. The molecule has 0 saturated carbocycles. The number of benzene rings is 2. The van der Waals surface area contributed by atoms with E-state index >= 15 is 0 Å². The lowest BCUT2D eigenvalue weighted by Gasteiger charge is -2.12. The number of nitrogens with one attached hydrogen (secondary N) is 2. The largest absolute Gasteiger partial charge is 0.496 e. The van der Waals surface area contributed by atoms with Crippen LogP contribution in [-0.2, 0) is 9.63 Å². The monoisotopic (exact) mass is 404 g/mol. The van der Waals surface area contributed by atoms with Crippen LogP contribution in [0.2, 0.25) is 5.02 Å². The molecule has 0 spiro atoms. The van der Waals surface area contributed by atoms with Crippen LogP contribution in [0.5, 0.6) is 23.0 Å². The van der Waals surface area contributed by atoms with E-state index in [9.17, 15) is 4.79 Å². The molecule has 0 saturated heterocycles. The number of hydroxylamine groups is 1. The molecule has 0 aromatic heterocycles. The van der Waals surface area contributed by atoms with Gasteiger partial charge >= 0.3 is 0 Å². The Morgan fingerprint density at radius 3 is 2.71 bits per heavy atom. The van der Waals surface area contributed by atoms with Crippen molar-refractivity contribution in [1.82, 2.24) is 5.48 Å². The van der Waals surface area contributed by atoms with E-state index in [4.69, 9.17) is 35.4 Å². The number of amides is 1. The van der Waals surface area contributed by atoms with Crippen LogP contribution >= 0.6 is 11.6 Å². The lowest BCUT2D eigenvalue weighted by atomic mass is 10.1. The summed E-state index contributed by atoms with van der Waals surface area (Å²) >= 11 is 6.21. The second kappa shape index (κ2) is 7.49. The molecule has 2 aliphatic rings. The summed E-state index contributed by atoms with van der Waals surface area (Å²) in [4.78, 5) is 17.9. The highest BCUT2D eigenvalue weighted by atomic mass is 35.5. The first-order valence-corrected chi connectivity index (χ1v) is 8.72. The highest BCUT2D eigenvalue weighted by Gasteiger charge is 2.27. The summed E-state index contributed by atoms with van der Waals surface area (Å²) in [6.07, 6.45) is 0.800. The Kier molecular flexibility index (Phi) is 4.89. The van der Waals surface area contributed by atoms with Crippen molar-refractivity contribution in [3.63, 3.8) is 0 Å². The molecule has 0 unspecified atom stereocenters. The van der Waals surface area contributed by atoms with E-state index in [2.05, 4.69) is 10.8 Å². The molecule has 2 heterocycles. The fourth-order valence-electron chi connectivity index (χ4n) is 2.88. The number of carbonyl (C=O) groups excluding carboxylic acids is 1. The summed E-state index contributed by atoms with van der Waals surface area (Å²) in [7, 11) is 3.05. The van der Waals surface area contributed by atoms with Crippen LogP contribution in [-0.4, -0.2) is 33.0 Å². The van der Waals surface area contributed by atoms with Crippen molar-refractivity contribution in [2.75, 3.05) is 26.3 Å². The van der Waals surface area contributed by atoms with Gasteiger partial charge in [0.1, 0.15) is 11.5 Å². The fraction of sp³-hybridized carbons (Fsp3) is 0.211. The van der Waals surface area contributed by atoms with Crippen molar-refractivity contribution in [3.8, 4) is 23.0 Å². The average molecular weight is 405 g/mol. The van der Waals surface area contributed by atoms with Gasteiger partial charge in [0.2, 0.25) is 6.79 Å². The molecule has 0 bridgehead atoms. The number of rotatable bonds is 5. The Bertz CT molecular complexity index is 962. The molecule has 0 aliphatic carbocycles. The van der Waals surface area contributed by atoms with Crippen LogP contribution in [0.4, 0.5) is 5.69 Å². The van der Waals surface area contributed by atoms with Crippen LogP contribution < -0.4 is 29.7 Å². The Morgan fingerprint density at radius 1 is 1.14 bits per heavy atom. The van der Waals surface area contributed by atoms with E-state index in [-0.39, 0.29) is 12.7 Å². The van der Waals surface area contributed by atoms with E-state index in [0.29, 0.717) is 45.0 Å². The summed E-state index contributed by atoms with van der Waals surface area (Å²) in [6.45, 7) is 0.167. The topological polar surface area (TPSA) is 87.3 Å². The number of halogens is 1. The highest BCUT2D eigenvalue weighted by Crippen LogP contribution is 2.37. The molecule has 28 heavy (non-hydrogen) atoms. The molecule has 2 aromatic rings. The predicted molar refractivity (Wildman–Crippen MR) is 102 cm³/mol. The standard InChI is InChI=1S/C19H17ClN2O6/c1-24-15-8-16(25-2)12(20)6-11(15)13-7-18(28-22-13)19(23)21-10-3-4-14-17(5-10)27-9-26-14/h3-8,18,22H,9H2,1-2H3,(H,21,23)/t18-/m1/s1. The molecular weight excluding hydrogens is 388 g/mol. The molecule has 146 valence electrons. The van der Waals surface area contributed by atoms with Crippen LogP contribution in [0.1, 0.15) is 5.56 Å². The Labute approximate surface area is 165 Å². The number of methoxy groups -OCH3 is 2. The maximum absolute atomic E-state index is 12.5. The normalized spacial score (nSPS) is 17.0. The molecule has 1 atom stereocenters. The third-order valence-electron chi connectivity index (χ3n) is 4.28. The first-order chi connectivity index (χ1) is 13.6. The minimum absolute atomic E-state index is 0.167. The summed E-state index contributed by atoms with van der Waals surface area (Å²) in [6, 6.07) is 8.50. The maximum Gasteiger partial charge on any atom is 0.260 e. The minimum Gasteiger partial charge on any atom is -0.496 e. The zero-order chi connectivity index (χ0) is 19.7. The van der Waals surface area contributed by atoms with Gasteiger partial charge in [0.05, 0.1) is 24.9 Å². The van der Waals surface area contributed by atoms with Crippen molar-refractivity contribution in [2.24, 2.45) is 0 Å². The zero-order valence-corrected chi connectivity index (χ0v) is 15.8. The number of anilines is 1. The summed E-state index contributed by atoms with van der Waals surface area (Å²) < 4.78 is 21.2. The van der Waals surface area contributed by atoms with Gasteiger partial charge in [-0.2, -0.15) is 0 Å².